The van der Waals surface area contributed by atoms with E-state index < -0.39 is 20.2 Å². The molecule has 0 aliphatic carbocycles. The Balaban J connectivity index is -0.000000715. The van der Waals surface area contributed by atoms with Gasteiger partial charge in [0.1, 0.15) is 33.4 Å². The maximum atomic E-state index is 11.8. The van der Waals surface area contributed by atoms with Gasteiger partial charge in [-0.05, 0) is 117 Å². The molecule has 3 aromatic rings. The normalized spacial score (nSPS) is 12.2. The van der Waals surface area contributed by atoms with Crippen molar-refractivity contribution in [2.24, 2.45) is 11.3 Å². The van der Waals surface area contributed by atoms with Crippen LogP contribution in [0.15, 0.2) is 88.7 Å². The SMILES string of the molecule is CCC(C)(C)C(=O)OCC[N+](CC)(CC)CC.CCC(C)c1ccccc1.CCOC(=O)C(C)CC.CC[N+](C)(C)C.Cc1ccc(S(=O)(=O)[O-])cc1.Cc1ccc(S(=O)(=O)[O-])cc1. The van der Waals surface area contributed by atoms with Crippen LogP contribution in [0.4, 0.5) is 0 Å². The molecule has 0 fully saturated rings. The van der Waals surface area contributed by atoms with E-state index in [0.29, 0.717) is 19.1 Å². The molecule has 3 rings (SSSR count). The fourth-order valence-corrected chi connectivity index (χ4v) is 5.63. The van der Waals surface area contributed by atoms with Crippen molar-refractivity contribution in [2.75, 3.05) is 67.1 Å². The number of hydrogen-bond acceptors (Lipinski definition) is 10. The number of ether oxygens (including phenoxy) is 2. The lowest BCUT2D eigenvalue weighted by molar-refractivity contribution is -0.923. The van der Waals surface area contributed by atoms with Crippen LogP contribution in [-0.4, -0.2) is 114 Å². The molecule has 2 atom stereocenters. The van der Waals surface area contributed by atoms with E-state index in [-0.39, 0.29) is 33.1 Å². The maximum Gasteiger partial charge on any atom is 0.311 e. The highest BCUT2D eigenvalue weighted by Crippen LogP contribution is 2.21. The number of likely N-dealkylation sites (N-methyl/N-ethyl adjacent to an activating group) is 1. The van der Waals surface area contributed by atoms with E-state index in [9.17, 15) is 35.5 Å². The average molecular weight is 939 g/mol. The molecule has 0 aliphatic rings. The third kappa shape index (κ3) is 30.5. The number of hydrogen-bond donors (Lipinski definition) is 0. The molecule has 2 unspecified atom stereocenters. The van der Waals surface area contributed by atoms with E-state index in [1.54, 1.807) is 24.3 Å². The zero-order valence-corrected chi connectivity index (χ0v) is 44.2. The van der Waals surface area contributed by atoms with Crippen molar-refractivity contribution in [2.45, 2.75) is 132 Å². The van der Waals surface area contributed by atoms with Crippen LogP contribution in [0, 0.1) is 25.2 Å². The van der Waals surface area contributed by atoms with Crippen molar-refractivity contribution in [3.63, 3.8) is 0 Å². The number of rotatable bonds is 16. The lowest BCUT2D eigenvalue weighted by atomic mass is 9.91. The van der Waals surface area contributed by atoms with Crippen LogP contribution in [0.3, 0.4) is 0 Å². The third-order valence-corrected chi connectivity index (χ3v) is 12.8. The molecule has 0 N–H and O–H groups in total. The van der Waals surface area contributed by atoms with Crippen LogP contribution in [0.2, 0.25) is 0 Å². The average Bonchev–Trinajstić information content (AvgIpc) is 3.25. The van der Waals surface area contributed by atoms with Gasteiger partial charge in [-0.15, -0.1) is 0 Å². The minimum Gasteiger partial charge on any atom is -0.744 e. The first-order chi connectivity index (χ1) is 29.5. The minimum atomic E-state index is -4.27. The Labute approximate surface area is 390 Å². The van der Waals surface area contributed by atoms with Crippen LogP contribution < -0.4 is 0 Å². The van der Waals surface area contributed by atoms with E-state index in [1.807, 2.05) is 55.4 Å². The maximum absolute atomic E-state index is 11.8. The zero-order chi connectivity index (χ0) is 50.4. The first-order valence-corrected chi connectivity index (χ1v) is 25.4. The minimum absolute atomic E-state index is 0.0601. The van der Waals surface area contributed by atoms with Gasteiger partial charge in [-0.3, -0.25) is 9.59 Å². The summed E-state index contributed by atoms with van der Waals surface area (Å²) in [6.07, 6.45) is 2.91. The van der Waals surface area contributed by atoms with Gasteiger partial charge in [0.05, 0.1) is 75.1 Å². The molecule has 368 valence electrons. The van der Waals surface area contributed by atoms with E-state index in [1.165, 1.54) is 42.8 Å². The highest BCUT2D eigenvalue weighted by molar-refractivity contribution is 7.86. The highest BCUT2D eigenvalue weighted by atomic mass is 32.2. The largest absolute Gasteiger partial charge is 0.744 e. The number of carbonyl (C=O) groups excluding carboxylic acids is 2. The molecule has 0 heterocycles. The summed E-state index contributed by atoms with van der Waals surface area (Å²) in [4.78, 5) is 22.2. The fraction of sp³-hybridized carbons (Fsp3) is 0.600. The molecule has 0 amide bonds. The Kier molecular flexibility index (Phi) is 33.2. The third-order valence-electron chi connectivity index (χ3n) is 11.1. The summed E-state index contributed by atoms with van der Waals surface area (Å²) in [6.45, 7) is 34.9. The van der Waals surface area contributed by atoms with E-state index in [2.05, 4.69) is 93.0 Å². The first kappa shape index (κ1) is 64.6. The standard InChI is InChI=1S/C14H30NO2.C10H14.2C7H8O3S.C7H14O2.C5H14N/c1-7-14(5,6)13(16)17-12-11-15(8-2,9-3)10-4;1-3-9(2)10-7-5-4-6-8-10;2*1-6-2-4-7(5-3-6)11(8,9)10;1-4-6(3)7(8)9-5-2;1-5-6(2,3)4/h7-12H2,1-6H3;4-9H,3H2,1-2H3;2*2-5H,1H3,(H,8,9,10);6H,4-5H2,1-3H3;5H2,1-4H3/q+1;;;;;+1/p-2. The number of aryl methyl sites for hydroxylation is 2. The van der Waals surface area contributed by atoms with Crippen LogP contribution in [-0.2, 0) is 39.3 Å². The molecule has 0 spiro atoms. The van der Waals surface area contributed by atoms with E-state index in [0.717, 1.165) is 59.1 Å². The number of quaternary nitrogens is 2. The molecule has 0 saturated carbocycles. The number of nitrogens with zero attached hydrogens (tertiary/aromatic N) is 2. The van der Waals surface area contributed by atoms with E-state index in [4.69, 9.17) is 9.47 Å². The van der Waals surface area contributed by atoms with Gasteiger partial charge in [0.15, 0.2) is 0 Å². The second kappa shape index (κ2) is 32.9. The Morgan fingerprint density at radius 2 is 1.02 bits per heavy atom. The predicted molar refractivity (Wildman–Crippen MR) is 260 cm³/mol. The van der Waals surface area contributed by atoms with Crippen molar-refractivity contribution in [3.8, 4) is 0 Å². The molecule has 64 heavy (non-hydrogen) atoms. The van der Waals surface area contributed by atoms with Crippen LogP contribution >= 0.6 is 0 Å². The topological polar surface area (TPSA) is 167 Å². The summed E-state index contributed by atoms with van der Waals surface area (Å²) in [6, 6.07) is 22.2. The highest BCUT2D eigenvalue weighted by Gasteiger charge is 2.28. The quantitative estimate of drug-likeness (QED) is 0.0766. The first-order valence-electron chi connectivity index (χ1n) is 22.6. The van der Waals surface area contributed by atoms with Gasteiger partial charge in [-0.1, -0.05) is 100 Å². The van der Waals surface area contributed by atoms with Gasteiger partial charge < -0.3 is 27.5 Å². The van der Waals surface area contributed by atoms with Crippen molar-refractivity contribution >= 4 is 32.2 Å². The summed E-state index contributed by atoms with van der Waals surface area (Å²) < 4.78 is 74.6. The fourth-order valence-electron chi connectivity index (χ4n) is 4.70. The molecule has 0 radical (unpaired) electrons. The van der Waals surface area contributed by atoms with Crippen LogP contribution in [0.1, 0.15) is 125 Å². The number of esters is 2. The van der Waals surface area contributed by atoms with Crippen molar-refractivity contribution in [1.29, 1.82) is 0 Å². The van der Waals surface area contributed by atoms with E-state index >= 15 is 0 Å². The monoisotopic (exact) mass is 939 g/mol. The van der Waals surface area contributed by atoms with Gasteiger partial charge in [-0.2, -0.15) is 0 Å². The van der Waals surface area contributed by atoms with Gasteiger partial charge in [0, 0.05) is 0 Å². The predicted octanol–water partition coefficient (Wildman–Crippen LogP) is 10.1. The second-order valence-electron chi connectivity index (χ2n) is 17.3. The Morgan fingerprint density at radius 3 is 1.30 bits per heavy atom. The molecular formula is C50H86N2O10S2. The zero-order valence-electron chi connectivity index (χ0n) is 42.5. The smallest absolute Gasteiger partial charge is 0.311 e. The number of benzene rings is 3. The molecule has 0 aliphatic heterocycles. The van der Waals surface area contributed by atoms with Gasteiger partial charge >= 0.3 is 11.9 Å². The van der Waals surface area contributed by atoms with Gasteiger partial charge in [0.2, 0.25) is 0 Å². The molecule has 0 aromatic heterocycles. The molecule has 0 bridgehead atoms. The second-order valence-corrected chi connectivity index (χ2v) is 20.1. The summed E-state index contributed by atoms with van der Waals surface area (Å²) >= 11 is 0. The summed E-state index contributed by atoms with van der Waals surface area (Å²) in [5, 5.41) is 0. The molecular weight excluding hydrogens is 853 g/mol. The summed E-state index contributed by atoms with van der Waals surface area (Å²) in [5.74, 6) is 0.618. The summed E-state index contributed by atoms with van der Waals surface area (Å²) in [7, 11) is -2.00. The summed E-state index contributed by atoms with van der Waals surface area (Å²) in [5.41, 5.74) is 2.96. The number of carbonyl (C=O) groups is 2. The van der Waals surface area contributed by atoms with Gasteiger partial charge in [-0.25, -0.2) is 16.8 Å². The van der Waals surface area contributed by atoms with Crippen LogP contribution in [0.25, 0.3) is 0 Å². The molecule has 14 heteroatoms. The van der Waals surface area contributed by atoms with Crippen molar-refractivity contribution < 1.29 is 54.0 Å². The van der Waals surface area contributed by atoms with Crippen molar-refractivity contribution in [1.82, 2.24) is 0 Å². The molecule has 0 saturated heterocycles. The Hall–Kier alpha value is -3.66. The lowest BCUT2D eigenvalue weighted by Crippen LogP contribution is -2.50. The molecule has 3 aromatic carbocycles. The van der Waals surface area contributed by atoms with Crippen LogP contribution in [0.5, 0.6) is 0 Å². The molecule has 12 nitrogen and oxygen atoms in total. The Morgan fingerprint density at radius 1 is 0.625 bits per heavy atom. The van der Waals surface area contributed by atoms with Crippen molar-refractivity contribution in [3.05, 3.63) is 95.6 Å². The Bertz CT molecular complexity index is 1810. The lowest BCUT2D eigenvalue weighted by Gasteiger charge is -2.35. The van der Waals surface area contributed by atoms with Gasteiger partial charge in [0.25, 0.3) is 0 Å².